The van der Waals surface area contributed by atoms with Crippen LogP contribution in [0.5, 0.6) is 0 Å². The number of hydrogen-bond donors (Lipinski definition) is 7. The standard InChI is InChI=1S/2C36H48N6O5S.C20H24ClN5O3S.C16H25NO2/c2*1-35(2)18-23-5-4-12-37-29-6-3-7-31(38-29)48(45,46)40-33(43)27-8-9-30(39-32(27)42(35)22-23)41-13-10-28(34(41)44)47-14-11-36-19-24-15-25(20-36)17-26(16-24)21-36;1-20(2)11-13-5-4-10-22-16-6-3-7-17(24-16)30(28,29)25-19(27)14-8-9-15(21)23-18(14)26(20)12-13;18-15-14(1-3-17-15)19-4-2-16-8-11-5-12(9-16)7-13(6-11)10-16/h2*3,6-9,23-26,28H,4-5,10-22H2,1-2H3,(H,37,38)(H,40,43);3,6-9,13H,4-5,10-12H2,1-2H3,(H,22,24)(H,25,27);11-14H,1-10H2,(H,17,18)/t2*23-,24?,25?,26?,28?,36?;13-;/m000./s1. The number of halogens is 1. The van der Waals surface area contributed by atoms with E-state index in [1.165, 1.54) is 152 Å². The van der Waals surface area contributed by atoms with Crippen LogP contribution in [0.3, 0.4) is 0 Å². The molecule has 6 aromatic rings. The maximum atomic E-state index is 13.7. The largest absolute Gasteiger partial charge is 0.370 e. The molecule has 3 unspecified atom stereocenters. The molecule has 0 spiro atoms. The van der Waals surface area contributed by atoms with Crippen molar-refractivity contribution in [2.75, 3.05) is 119 Å². The first-order valence-electron chi connectivity index (χ1n) is 53.9. The van der Waals surface area contributed by atoms with Gasteiger partial charge in [-0.25, -0.2) is 44.1 Å². The number of carbonyl (C=O) groups excluding carboxylic acids is 6. The van der Waals surface area contributed by atoms with E-state index in [4.69, 9.17) is 35.8 Å². The zero-order valence-corrected chi connectivity index (χ0v) is 88.0. The Morgan fingerprint density at radius 1 is 0.338 bits per heavy atom. The minimum absolute atomic E-state index is 0.102. The van der Waals surface area contributed by atoms with Gasteiger partial charge in [0.15, 0.2) is 15.1 Å². The smallest absolute Gasteiger partial charge is 0.281 e. The third kappa shape index (κ3) is 21.9. The van der Waals surface area contributed by atoms with Crippen LogP contribution in [0.25, 0.3) is 0 Å². The Hall–Kier alpha value is -9.46. The highest BCUT2D eigenvalue weighted by Crippen LogP contribution is 2.65. The second kappa shape index (κ2) is 40.5. The molecule has 145 heavy (non-hydrogen) atoms. The number of fused-ring (bicyclic) bond motifs is 18. The van der Waals surface area contributed by atoms with Crippen LogP contribution in [0, 0.1) is 87.3 Å². The number of nitrogens with zero attached hydrogens (tertiary/aromatic N) is 11. The topological polar surface area (TPSA) is 410 Å². The van der Waals surface area contributed by atoms with Gasteiger partial charge in [0.2, 0.25) is 5.91 Å². The second-order valence-corrected chi connectivity index (χ2v) is 53.7. The maximum Gasteiger partial charge on any atom is 0.281 e. The van der Waals surface area contributed by atoms with Crippen molar-refractivity contribution in [3.8, 4) is 0 Å². The first-order chi connectivity index (χ1) is 69.3. The summed E-state index contributed by atoms with van der Waals surface area (Å²) in [6, 6.07) is 23.6. The minimum Gasteiger partial charge on any atom is -0.370 e. The predicted octanol–water partition coefficient (Wildman–Crippen LogP) is 15.8. The Balaban J connectivity index is 0.000000120. The molecule has 12 saturated carbocycles. The summed E-state index contributed by atoms with van der Waals surface area (Å²) < 4.78 is 104. The first-order valence-corrected chi connectivity index (χ1v) is 58.8. The van der Waals surface area contributed by atoms with E-state index in [0.29, 0.717) is 152 Å². The molecule has 782 valence electrons. The van der Waals surface area contributed by atoms with Gasteiger partial charge in [-0.15, -0.1) is 0 Å². The van der Waals surface area contributed by atoms with Crippen molar-refractivity contribution in [3.05, 3.63) is 113 Å². The average molecular weight is 2070 g/mol. The Morgan fingerprint density at radius 3 is 0.952 bits per heavy atom. The molecule has 7 N–H and O–H groups in total. The fourth-order valence-corrected chi connectivity index (χ4v) is 33.9. The van der Waals surface area contributed by atoms with Gasteiger partial charge in [-0.3, -0.25) is 38.6 Å². The molecule has 12 aliphatic carbocycles. The number of anilines is 8. The number of rotatable bonds is 14. The second-order valence-electron chi connectivity index (χ2n) is 48.4. The highest BCUT2D eigenvalue weighted by Gasteiger charge is 2.56. The van der Waals surface area contributed by atoms with Gasteiger partial charge in [-0.1, -0.05) is 29.8 Å². The van der Waals surface area contributed by atoms with Crippen LogP contribution in [-0.4, -0.2) is 204 Å². The number of amides is 6. The summed E-state index contributed by atoms with van der Waals surface area (Å²) in [5.74, 6) is 10.6. The van der Waals surface area contributed by atoms with Gasteiger partial charge in [0.25, 0.3) is 59.6 Å². The van der Waals surface area contributed by atoms with Crippen molar-refractivity contribution in [1.82, 2.24) is 49.4 Å². The summed E-state index contributed by atoms with van der Waals surface area (Å²) in [5.41, 5.74) is 0.952. The molecular formula is C108H145ClN18O15S3. The zero-order chi connectivity index (χ0) is 101. The molecule has 27 rings (SSSR count). The summed E-state index contributed by atoms with van der Waals surface area (Å²) in [4.78, 5) is 116. The van der Waals surface area contributed by atoms with Crippen molar-refractivity contribution in [1.29, 1.82) is 0 Å². The molecule has 15 heterocycles. The van der Waals surface area contributed by atoms with Crippen LogP contribution < -0.4 is 59.9 Å². The fraction of sp³-hybridized carbons (Fsp3) is 0.667. The van der Waals surface area contributed by atoms with Crippen LogP contribution in [0.4, 0.5) is 46.5 Å². The number of nitrogens with one attached hydrogen (secondary N) is 7. The molecular weight excluding hydrogens is 1920 g/mol. The van der Waals surface area contributed by atoms with Gasteiger partial charge in [0.1, 0.15) is 70.0 Å². The number of aromatic nitrogens is 6. The molecule has 24 bridgehead atoms. The number of sulfonamides is 3. The van der Waals surface area contributed by atoms with E-state index < -0.39 is 60.0 Å². The molecule has 6 atom stereocenters. The fourth-order valence-electron chi connectivity index (χ4n) is 31.0. The van der Waals surface area contributed by atoms with Gasteiger partial charge < -0.3 is 50.2 Å². The van der Waals surface area contributed by atoms with Crippen LogP contribution in [0.1, 0.15) is 285 Å². The van der Waals surface area contributed by atoms with Crippen molar-refractivity contribution < 1.29 is 68.2 Å². The molecule has 0 radical (unpaired) electrons. The number of carbonyl (C=O) groups is 6. The Bertz CT molecular complexity index is 5930. The molecule has 37 heteroatoms. The lowest BCUT2D eigenvalue weighted by Crippen LogP contribution is -2.46. The lowest BCUT2D eigenvalue weighted by Gasteiger charge is -2.57. The molecule has 21 aliphatic rings. The van der Waals surface area contributed by atoms with Gasteiger partial charge in [0, 0.05) is 108 Å². The van der Waals surface area contributed by atoms with Crippen LogP contribution in [0.15, 0.2) is 106 Å². The van der Waals surface area contributed by atoms with E-state index in [9.17, 15) is 54.0 Å². The van der Waals surface area contributed by atoms with Gasteiger partial charge in [-0.2, -0.15) is 25.3 Å². The monoisotopic (exact) mass is 2060 g/mol. The SMILES string of the molecule is CC1(C)C[C@@H]2CCCNc3cccc(n3)S(=O)(=O)NC(=O)c3ccc(Cl)nc3N1C2.CC1(C)C[C@@H]2CCCNc3cccc(n3)S(=O)(=O)NC(=O)c3ccc(N4CCC(OCCC56CC7CC(CC(C7)C5)C6)C4=O)nc3N1C2.CC1(C)C[C@@H]2CCCNc3cccc(n3)S(=O)(=O)NC(=O)c3ccc(N4CCC(OCCC56CC7CC(CC(C7)C5)C6)C4=O)nc3N1C2.O=C1NCCC1OCCC12CC3CC(CC(C3)C1)C2. The number of hydrogen-bond acceptors (Lipinski definition) is 27. The first kappa shape index (κ1) is 101. The molecule has 33 nitrogen and oxygen atoms in total. The molecule has 18 fully saturated rings. The van der Waals surface area contributed by atoms with E-state index in [1.807, 2.05) is 0 Å². The lowest BCUT2D eigenvalue weighted by molar-refractivity contribution is -0.131. The molecule has 6 saturated heterocycles. The Labute approximate surface area is 858 Å². The highest BCUT2D eigenvalue weighted by atomic mass is 35.5. The van der Waals surface area contributed by atoms with E-state index in [1.54, 1.807) is 70.5 Å². The zero-order valence-electron chi connectivity index (χ0n) is 84.8. The summed E-state index contributed by atoms with van der Waals surface area (Å²) in [7, 11) is -12.7. The van der Waals surface area contributed by atoms with E-state index in [0.717, 1.165) is 150 Å². The van der Waals surface area contributed by atoms with Gasteiger partial charge in [-0.05, 0) is 401 Å². The van der Waals surface area contributed by atoms with E-state index in [2.05, 4.69) is 112 Å². The normalized spacial score (nSPS) is 33.2. The van der Waals surface area contributed by atoms with Crippen molar-refractivity contribution in [2.24, 2.45) is 87.3 Å². The Kier molecular flexibility index (Phi) is 28.3. The third-order valence-electron chi connectivity index (χ3n) is 36.1. The van der Waals surface area contributed by atoms with Crippen molar-refractivity contribution in [2.45, 2.75) is 303 Å². The molecule has 9 aliphatic heterocycles. The Morgan fingerprint density at radius 2 is 0.641 bits per heavy atom. The third-order valence-corrected chi connectivity index (χ3v) is 40.0. The molecule has 0 aromatic carbocycles. The average Bonchev–Trinajstić information content (AvgIpc) is 1.73. The van der Waals surface area contributed by atoms with Crippen molar-refractivity contribution >= 4 is 124 Å². The molecule has 6 amide bonds. The van der Waals surface area contributed by atoms with Crippen molar-refractivity contribution in [3.63, 3.8) is 0 Å². The number of ether oxygens (including phenoxy) is 3. The van der Waals surface area contributed by atoms with Crippen LogP contribution in [0.2, 0.25) is 5.15 Å². The lowest BCUT2D eigenvalue weighted by atomic mass is 9.49. The summed E-state index contributed by atoms with van der Waals surface area (Å²) in [5, 5.41) is 12.0. The molecule has 6 aromatic heterocycles. The van der Waals surface area contributed by atoms with E-state index in [-0.39, 0.29) is 77.4 Å². The summed E-state index contributed by atoms with van der Waals surface area (Å²) in [6.45, 7) is 20.5. The highest BCUT2D eigenvalue weighted by molar-refractivity contribution is 7.90. The van der Waals surface area contributed by atoms with E-state index >= 15 is 0 Å². The quantitative estimate of drug-likeness (QED) is 0.0498. The van der Waals surface area contributed by atoms with Gasteiger partial charge in [0.05, 0.1) is 16.7 Å². The van der Waals surface area contributed by atoms with Gasteiger partial charge >= 0.3 is 0 Å². The maximum absolute atomic E-state index is 13.7. The van der Waals surface area contributed by atoms with Crippen LogP contribution >= 0.6 is 11.6 Å². The minimum atomic E-state index is -4.26. The summed E-state index contributed by atoms with van der Waals surface area (Å²) >= 11 is 6.14. The summed E-state index contributed by atoms with van der Waals surface area (Å²) in [6.07, 6.45) is 37.8. The number of pyridine rings is 6. The van der Waals surface area contributed by atoms with Crippen LogP contribution in [-0.2, 0) is 58.7 Å². The predicted molar refractivity (Wildman–Crippen MR) is 553 cm³/mol.